The van der Waals surface area contributed by atoms with Crippen LogP contribution in [0.25, 0.3) is 0 Å². The maximum atomic E-state index is 14.0. The molecule has 40 heavy (non-hydrogen) atoms. The van der Waals surface area contributed by atoms with Crippen molar-refractivity contribution in [1.82, 2.24) is 40.6 Å². The Morgan fingerprint density at radius 1 is 1.10 bits per heavy atom. The molecule has 4 heterocycles. The van der Waals surface area contributed by atoms with Gasteiger partial charge < -0.3 is 20.1 Å². The monoisotopic (exact) mass is 548 g/mol. The molecule has 2 aliphatic rings. The molecule has 0 radical (unpaired) electrons. The van der Waals surface area contributed by atoms with Crippen LogP contribution in [0.1, 0.15) is 55.3 Å². The predicted molar refractivity (Wildman–Crippen MR) is 145 cm³/mol. The van der Waals surface area contributed by atoms with Gasteiger partial charge in [0.05, 0.1) is 25.0 Å². The molecule has 0 spiro atoms. The lowest BCUT2D eigenvalue weighted by Gasteiger charge is -2.41. The van der Waals surface area contributed by atoms with E-state index < -0.39 is 12.1 Å². The third-order valence-electron chi connectivity index (χ3n) is 7.34. The van der Waals surface area contributed by atoms with Crippen LogP contribution in [0, 0.1) is 0 Å². The van der Waals surface area contributed by atoms with Gasteiger partial charge in [0.15, 0.2) is 5.76 Å². The van der Waals surface area contributed by atoms with Crippen molar-refractivity contribution < 1.29 is 18.9 Å². The topological polar surface area (TPSA) is 138 Å². The Morgan fingerprint density at radius 2 is 1.93 bits per heavy atom. The van der Waals surface area contributed by atoms with Gasteiger partial charge >= 0.3 is 0 Å². The fraction of sp³-hybridized carbons (Fsp3) is 0.500. The van der Waals surface area contributed by atoms with Gasteiger partial charge in [0.1, 0.15) is 17.8 Å². The van der Waals surface area contributed by atoms with Crippen LogP contribution >= 0.6 is 0 Å². The zero-order valence-electron chi connectivity index (χ0n) is 23.0. The van der Waals surface area contributed by atoms with E-state index >= 15 is 0 Å². The maximum absolute atomic E-state index is 14.0. The van der Waals surface area contributed by atoms with Gasteiger partial charge in [-0.1, -0.05) is 54.5 Å². The summed E-state index contributed by atoms with van der Waals surface area (Å²) in [6.07, 6.45) is 2.90. The van der Waals surface area contributed by atoms with Crippen molar-refractivity contribution in [3.63, 3.8) is 0 Å². The predicted octanol–water partition coefficient (Wildman–Crippen LogP) is 1.24. The molecule has 1 saturated heterocycles. The fourth-order valence-electron chi connectivity index (χ4n) is 5.11. The summed E-state index contributed by atoms with van der Waals surface area (Å²) in [5.41, 5.74) is 2.42. The zero-order valence-corrected chi connectivity index (χ0v) is 23.0. The molecule has 0 saturated carbocycles. The summed E-state index contributed by atoms with van der Waals surface area (Å²) in [7, 11) is 0. The third-order valence-corrected chi connectivity index (χ3v) is 7.34. The highest BCUT2D eigenvalue weighted by molar-refractivity contribution is 5.92. The van der Waals surface area contributed by atoms with Gasteiger partial charge in [-0.2, -0.15) is 0 Å². The SMILES string of the molecule is CC(C)c1cc(CN2CCN3C(=O)[C@H](Cc4ccccc4)NC(=O)CCCn4cc(nn4)CNC(=O)[C@H]3C2)on1. The summed E-state index contributed by atoms with van der Waals surface area (Å²) in [4.78, 5) is 44.2. The van der Waals surface area contributed by atoms with Crippen LogP contribution in [-0.4, -0.2) is 79.4 Å². The number of nitrogens with one attached hydrogen (secondary N) is 2. The molecular weight excluding hydrogens is 512 g/mol. The van der Waals surface area contributed by atoms with Crippen molar-refractivity contribution in [1.29, 1.82) is 0 Å². The minimum Gasteiger partial charge on any atom is -0.360 e. The van der Waals surface area contributed by atoms with Crippen molar-refractivity contribution >= 4 is 17.7 Å². The largest absolute Gasteiger partial charge is 0.360 e. The van der Waals surface area contributed by atoms with Crippen molar-refractivity contribution in [2.24, 2.45) is 0 Å². The highest BCUT2D eigenvalue weighted by Crippen LogP contribution is 2.19. The number of hydrogen-bond acceptors (Lipinski definition) is 8. The second-order valence-electron chi connectivity index (χ2n) is 10.8. The zero-order chi connectivity index (χ0) is 28.1. The van der Waals surface area contributed by atoms with E-state index in [2.05, 4.69) is 44.8 Å². The van der Waals surface area contributed by atoms with E-state index in [0.29, 0.717) is 57.0 Å². The van der Waals surface area contributed by atoms with E-state index in [-0.39, 0.29) is 36.6 Å². The first kappa shape index (κ1) is 27.5. The molecule has 2 aromatic heterocycles. The van der Waals surface area contributed by atoms with Crippen LogP contribution in [0.4, 0.5) is 0 Å². The minimum atomic E-state index is -0.790. The number of piperazine rings is 1. The van der Waals surface area contributed by atoms with E-state index in [1.807, 2.05) is 36.4 Å². The van der Waals surface area contributed by atoms with Crippen LogP contribution in [-0.2, 0) is 40.4 Å². The molecule has 1 aromatic carbocycles. The number of amides is 3. The van der Waals surface area contributed by atoms with E-state index in [1.165, 1.54) is 0 Å². The van der Waals surface area contributed by atoms with Gasteiger partial charge in [0, 0.05) is 45.1 Å². The van der Waals surface area contributed by atoms with Crippen LogP contribution < -0.4 is 10.6 Å². The second kappa shape index (κ2) is 12.4. The molecule has 3 aromatic rings. The molecular formula is C28H36N8O4. The Kier molecular flexibility index (Phi) is 8.54. The summed E-state index contributed by atoms with van der Waals surface area (Å²) in [6, 6.07) is 9.98. The Morgan fingerprint density at radius 3 is 2.70 bits per heavy atom. The van der Waals surface area contributed by atoms with Crippen LogP contribution in [0.3, 0.4) is 0 Å². The van der Waals surface area contributed by atoms with Gasteiger partial charge in [0.25, 0.3) is 0 Å². The lowest BCUT2D eigenvalue weighted by Crippen LogP contribution is -2.63. The molecule has 2 N–H and O–H groups in total. The fourth-order valence-corrected chi connectivity index (χ4v) is 5.11. The lowest BCUT2D eigenvalue weighted by molar-refractivity contribution is -0.147. The first-order chi connectivity index (χ1) is 19.4. The number of carbonyl (C=O) groups excluding carboxylic acids is 3. The van der Waals surface area contributed by atoms with E-state index in [1.54, 1.807) is 15.8 Å². The van der Waals surface area contributed by atoms with E-state index in [9.17, 15) is 14.4 Å². The smallest absolute Gasteiger partial charge is 0.246 e. The lowest BCUT2D eigenvalue weighted by atomic mass is 10.0. The molecule has 212 valence electrons. The van der Waals surface area contributed by atoms with Crippen molar-refractivity contribution in [2.75, 3.05) is 19.6 Å². The van der Waals surface area contributed by atoms with Gasteiger partial charge in [-0.05, 0) is 17.9 Å². The molecule has 2 aliphatic heterocycles. The Labute approximate surface area is 233 Å². The summed E-state index contributed by atoms with van der Waals surface area (Å²) >= 11 is 0. The summed E-state index contributed by atoms with van der Waals surface area (Å²) in [6.45, 7) is 6.48. The Balaban J connectivity index is 1.39. The summed E-state index contributed by atoms with van der Waals surface area (Å²) in [5, 5.41) is 18.3. The number of hydrogen-bond donors (Lipinski definition) is 2. The van der Waals surface area contributed by atoms with Crippen molar-refractivity contribution in [3.05, 3.63) is 65.3 Å². The molecule has 0 aliphatic carbocycles. The van der Waals surface area contributed by atoms with Gasteiger partial charge in [-0.15, -0.1) is 5.10 Å². The number of aryl methyl sites for hydroxylation is 1. The molecule has 2 bridgehead atoms. The van der Waals surface area contributed by atoms with Crippen molar-refractivity contribution in [3.8, 4) is 0 Å². The molecule has 5 rings (SSSR count). The molecule has 12 heteroatoms. The average molecular weight is 549 g/mol. The Hall–Kier alpha value is -4.06. The molecule has 12 nitrogen and oxygen atoms in total. The number of rotatable bonds is 5. The number of fused-ring (bicyclic) bond motifs is 3. The standard InChI is InChI=1S/C28H36N8O4/c1-19(2)23-14-22(40-32-23)17-34-11-12-36-25(18-34)27(38)29-15-21-16-35(33-31-21)10-6-9-26(37)30-24(28(36)39)13-20-7-4-3-5-8-20/h3-5,7-8,14,16,19,24-25H,6,9-13,15,17-18H2,1-2H3,(H,29,38)(H,30,37)/t24-,25+/m0/s1. The quantitative estimate of drug-likeness (QED) is 0.486. The number of nitrogens with zero attached hydrogens (tertiary/aromatic N) is 6. The second-order valence-corrected chi connectivity index (χ2v) is 10.8. The van der Waals surface area contributed by atoms with Crippen LogP contribution in [0.2, 0.25) is 0 Å². The molecule has 3 amide bonds. The number of aromatic nitrogens is 4. The van der Waals surface area contributed by atoms with Crippen LogP contribution in [0.5, 0.6) is 0 Å². The summed E-state index contributed by atoms with van der Waals surface area (Å²) < 4.78 is 7.20. The molecule has 0 unspecified atom stereocenters. The van der Waals surface area contributed by atoms with Gasteiger partial charge in [-0.3, -0.25) is 24.0 Å². The third kappa shape index (κ3) is 6.74. The van der Waals surface area contributed by atoms with Gasteiger partial charge in [-0.25, -0.2) is 0 Å². The molecule has 2 atom stereocenters. The van der Waals surface area contributed by atoms with E-state index in [0.717, 1.165) is 11.3 Å². The Bertz CT molecular complexity index is 1320. The number of carbonyl (C=O) groups is 3. The van der Waals surface area contributed by atoms with E-state index in [4.69, 9.17) is 4.52 Å². The highest BCUT2D eigenvalue weighted by Gasteiger charge is 2.39. The summed E-state index contributed by atoms with van der Waals surface area (Å²) in [5.74, 6) is 0.198. The van der Waals surface area contributed by atoms with Crippen molar-refractivity contribution in [2.45, 2.75) is 70.7 Å². The first-order valence-corrected chi connectivity index (χ1v) is 13.8. The number of benzene rings is 1. The first-order valence-electron chi connectivity index (χ1n) is 13.8. The minimum absolute atomic E-state index is 0.196. The average Bonchev–Trinajstić information content (AvgIpc) is 3.61. The van der Waals surface area contributed by atoms with Gasteiger partial charge in [0.2, 0.25) is 17.7 Å². The van der Waals surface area contributed by atoms with Crippen LogP contribution in [0.15, 0.2) is 47.1 Å². The highest BCUT2D eigenvalue weighted by atomic mass is 16.5. The maximum Gasteiger partial charge on any atom is 0.246 e. The normalized spacial score (nSPS) is 21.4. The molecule has 1 fully saturated rings.